The van der Waals surface area contributed by atoms with Gasteiger partial charge in [0.15, 0.2) is 0 Å². The minimum atomic E-state index is -0.709. The first kappa shape index (κ1) is 43.7. The van der Waals surface area contributed by atoms with Gasteiger partial charge in [-0.2, -0.15) is 0 Å². The number of aromatic nitrogens is 2. The molecule has 352 valence electrons. The van der Waals surface area contributed by atoms with Gasteiger partial charge in [0.05, 0.1) is 45.0 Å². The monoisotopic (exact) mass is 948 g/mol. The molecule has 0 radical (unpaired) electrons. The maximum atomic E-state index is 5.02. The number of para-hydroxylation sites is 2. The molecule has 1 aliphatic carbocycles. The molecule has 74 heavy (non-hydrogen) atoms. The summed E-state index contributed by atoms with van der Waals surface area (Å²) in [6.45, 7) is 8.57. The molecule has 0 atom stereocenters. The Labute approximate surface area is 433 Å². The van der Waals surface area contributed by atoms with Gasteiger partial charge in [-0.3, -0.25) is 0 Å². The van der Waals surface area contributed by atoms with Gasteiger partial charge in [0.2, 0.25) is 0 Å². The number of aryl methyl sites for hydroxylation is 3. The van der Waals surface area contributed by atoms with Crippen LogP contribution in [0.3, 0.4) is 0 Å². The molecule has 0 saturated carbocycles. The lowest BCUT2D eigenvalue weighted by molar-refractivity contribution is 0.728. The van der Waals surface area contributed by atoms with E-state index in [0.29, 0.717) is 0 Å². The van der Waals surface area contributed by atoms with Crippen molar-refractivity contribution in [1.82, 2.24) is 9.97 Å². The Balaban J connectivity index is 0.968. The molecule has 1 aromatic heterocycles. The fourth-order valence-electron chi connectivity index (χ4n) is 13.1. The van der Waals surface area contributed by atoms with Crippen LogP contribution in [0, 0.1) is 27.7 Å². The van der Waals surface area contributed by atoms with Crippen LogP contribution in [-0.4, -0.2) is 9.97 Å². The third-order valence-electron chi connectivity index (χ3n) is 16.1. The normalized spacial score (nSPS) is 14.1. The number of anilines is 6. The molecule has 0 amide bonds. The van der Waals surface area contributed by atoms with Crippen molar-refractivity contribution in [2.45, 2.75) is 38.5 Å². The maximum Gasteiger partial charge on any atom is 0.126 e. The molecule has 0 N–H and O–H groups in total. The molecule has 14 rings (SSSR count). The minimum Gasteiger partial charge on any atom is -0.310 e. The van der Waals surface area contributed by atoms with Crippen LogP contribution in [0.4, 0.5) is 34.1 Å². The fraction of sp³-hybridized carbons (Fsp3) is 0.0857. The summed E-state index contributed by atoms with van der Waals surface area (Å²) in [5.74, 6) is 0.752. The van der Waals surface area contributed by atoms with Crippen molar-refractivity contribution in [2.75, 3.05) is 9.80 Å². The third kappa shape index (κ3) is 6.21. The number of benzene rings is 10. The average molecular weight is 949 g/mol. The van der Waals surface area contributed by atoms with Crippen LogP contribution in [0.15, 0.2) is 243 Å². The second-order valence-electron chi connectivity index (χ2n) is 20.3. The maximum absolute atomic E-state index is 5.02. The summed E-state index contributed by atoms with van der Waals surface area (Å²) in [5, 5.41) is 0. The van der Waals surface area contributed by atoms with Crippen LogP contribution in [-0.2, 0) is 10.8 Å². The van der Waals surface area contributed by atoms with Gasteiger partial charge < -0.3 is 9.80 Å². The number of nitrogens with zero attached hydrogens (tertiary/aromatic N) is 4. The topological polar surface area (TPSA) is 32.3 Å². The van der Waals surface area contributed by atoms with E-state index in [1.54, 1.807) is 0 Å². The summed E-state index contributed by atoms with van der Waals surface area (Å²) in [7, 11) is 0. The fourth-order valence-corrected chi connectivity index (χ4v) is 13.1. The van der Waals surface area contributed by atoms with Gasteiger partial charge in [-0.05, 0) is 132 Å². The molecular weight excluding hydrogens is 897 g/mol. The first-order chi connectivity index (χ1) is 36.3. The molecule has 0 saturated heterocycles. The SMILES string of the molecule is Cc1ccc2c(c1)C(c1ccccc1)(c1cccc(N3c4ccccc4C4(c5ccccc5-c5ccccc54)c4ccccc43)c1)c1cc(C)ccc1N2c1ccc(-c2nc(C)nc(-c3ccccc3)c2C)cc1. The van der Waals surface area contributed by atoms with Gasteiger partial charge in [-0.1, -0.05) is 205 Å². The summed E-state index contributed by atoms with van der Waals surface area (Å²) >= 11 is 0. The molecule has 11 aromatic rings. The van der Waals surface area contributed by atoms with E-state index in [0.717, 1.165) is 56.7 Å². The van der Waals surface area contributed by atoms with E-state index >= 15 is 0 Å². The van der Waals surface area contributed by atoms with E-state index in [2.05, 4.69) is 267 Å². The molecular formula is C70H52N4. The van der Waals surface area contributed by atoms with Gasteiger partial charge in [-0.25, -0.2) is 9.97 Å². The number of hydrogen-bond acceptors (Lipinski definition) is 4. The molecule has 4 nitrogen and oxygen atoms in total. The van der Waals surface area contributed by atoms with E-state index in [9.17, 15) is 0 Å². The Morgan fingerprint density at radius 1 is 0.311 bits per heavy atom. The summed E-state index contributed by atoms with van der Waals surface area (Å²) in [5.41, 5.74) is 25.9. The molecule has 3 heterocycles. The first-order valence-corrected chi connectivity index (χ1v) is 25.7. The molecule has 0 fully saturated rings. The highest BCUT2D eigenvalue weighted by Gasteiger charge is 2.52. The molecule has 3 aliphatic rings. The van der Waals surface area contributed by atoms with Crippen molar-refractivity contribution in [2.24, 2.45) is 0 Å². The lowest BCUT2D eigenvalue weighted by atomic mass is 9.62. The van der Waals surface area contributed by atoms with Crippen molar-refractivity contribution in [3.63, 3.8) is 0 Å². The number of hydrogen-bond donors (Lipinski definition) is 0. The van der Waals surface area contributed by atoms with Crippen molar-refractivity contribution < 1.29 is 0 Å². The Morgan fingerprint density at radius 2 is 0.757 bits per heavy atom. The van der Waals surface area contributed by atoms with Crippen LogP contribution in [0.5, 0.6) is 0 Å². The minimum absolute atomic E-state index is 0.491. The Hall–Kier alpha value is -9.12. The van der Waals surface area contributed by atoms with E-state index in [-0.39, 0.29) is 0 Å². The molecule has 1 spiro atoms. The zero-order valence-corrected chi connectivity index (χ0v) is 41.9. The zero-order valence-electron chi connectivity index (χ0n) is 41.9. The lowest BCUT2D eigenvalue weighted by Crippen LogP contribution is -2.38. The lowest BCUT2D eigenvalue weighted by Gasteiger charge is -2.47. The molecule has 0 bridgehead atoms. The van der Waals surface area contributed by atoms with Crippen molar-refractivity contribution in [1.29, 1.82) is 0 Å². The van der Waals surface area contributed by atoms with Crippen LogP contribution >= 0.6 is 0 Å². The molecule has 0 unspecified atom stereocenters. The van der Waals surface area contributed by atoms with Gasteiger partial charge in [0.1, 0.15) is 5.82 Å². The summed E-state index contributed by atoms with van der Waals surface area (Å²) in [6, 6.07) is 90.4. The summed E-state index contributed by atoms with van der Waals surface area (Å²) < 4.78 is 0. The zero-order chi connectivity index (χ0) is 49.7. The second kappa shape index (κ2) is 16.7. The highest BCUT2D eigenvalue weighted by atomic mass is 15.2. The first-order valence-electron chi connectivity index (χ1n) is 25.7. The van der Waals surface area contributed by atoms with E-state index in [1.165, 1.54) is 78.1 Å². The Morgan fingerprint density at radius 3 is 1.32 bits per heavy atom. The quantitative estimate of drug-likeness (QED) is 0.166. The van der Waals surface area contributed by atoms with Gasteiger partial charge in [0, 0.05) is 28.1 Å². The van der Waals surface area contributed by atoms with Crippen LogP contribution < -0.4 is 9.80 Å². The summed E-state index contributed by atoms with van der Waals surface area (Å²) in [4.78, 5) is 14.9. The van der Waals surface area contributed by atoms with Gasteiger partial charge >= 0.3 is 0 Å². The van der Waals surface area contributed by atoms with Crippen LogP contribution in [0.25, 0.3) is 33.6 Å². The standard InChI is InChI=1S/C70H52N4/c1-45-34-40-65-61(42-45)69(51-22-9-6-10-23-51,62-43-46(2)35-41-66(62)73(65)53-38-36-50(37-39-53)68-47(3)67(71-48(4)72-68)49-20-7-5-8-21-49)52-24-19-25-54(44-52)74-63-32-17-15-30-59(63)70(60-31-16-18-33-64(60)74)57-28-13-11-26-55(57)56-27-12-14-29-58(56)70/h5-44H,1-4H3. The summed E-state index contributed by atoms with van der Waals surface area (Å²) in [6.07, 6.45) is 0. The largest absolute Gasteiger partial charge is 0.310 e. The van der Waals surface area contributed by atoms with Crippen LogP contribution in [0.1, 0.15) is 67.0 Å². The van der Waals surface area contributed by atoms with E-state index in [1.807, 2.05) is 13.0 Å². The van der Waals surface area contributed by atoms with E-state index < -0.39 is 10.8 Å². The van der Waals surface area contributed by atoms with Crippen molar-refractivity contribution >= 4 is 34.1 Å². The van der Waals surface area contributed by atoms with Gasteiger partial charge in [0.25, 0.3) is 0 Å². The Kier molecular flexibility index (Phi) is 9.87. The predicted octanol–water partition coefficient (Wildman–Crippen LogP) is 17.4. The molecule has 10 aromatic carbocycles. The van der Waals surface area contributed by atoms with Crippen LogP contribution in [0.2, 0.25) is 0 Å². The number of fused-ring (bicyclic) bond motifs is 11. The highest BCUT2D eigenvalue weighted by molar-refractivity contribution is 5.97. The van der Waals surface area contributed by atoms with E-state index in [4.69, 9.17) is 9.97 Å². The number of rotatable bonds is 6. The van der Waals surface area contributed by atoms with Crippen molar-refractivity contribution in [3.05, 3.63) is 310 Å². The second-order valence-corrected chi connectivity index (χ2v) is 20.3. The molecule has 2 aliphatic heterocycles. The third-order valence-corrected chi connectivity index (χ3v) is 16.1. The van der Waals surface area contributed by atoms with Crippen molar-refractivity contribution in [3.8, 4) is 33.6 Å². The Bertz CT molecular complexity index is 3880. The predicted molar refractivity (Wildman–Crippen MR) is 304 cm³/mol. The highest BCUT2D eigenvalue weighted by Crippen LogP contribution is 2.64. The smallest absolute Gasteiger partial charge is 0.126 e. The average Bonchev–Trinajstić information content (AvgIpc) is 3.74. The van der Waals surface area contributed by atoms with Gasteiger partial charge in [-0.15, -0.1) is 0 Å². The molecule has 4 heteroatoms.